The first kappa shape index (κ1) is 13.5. The van der Waals surface area contributed by atoms with Crippen LogP contribution >= 0.6 is 23.2 Å². The van der Waals surface area contributed by atoms with E-state index >= 15 is 0 Å². The van der Waals surface area contributed by atoms with Crippen molar-refractivity contribution >= 4 is 34.9 Å². The van der Waals surface area contributed by atoms with Gasteiger partial charge in [-0.2, -0.15) is 0 Å². The predicted molar refractivity (Wildman–Crippen MR) is 74.3 cm³/mol. The van der Waals surface area contributed by atoms with Gasteiger partial charge in [0.15, 0.2) is 0 Å². The summed E-state index contributed by atoms with van der Waals surface area (Å²) in [5.41, 5.74) is 6.47. The van der Waals surface area contributed by atoms with Gasteiger partial charge in [0, 0.05) is 24.8 Å². The summed E-state index contributed by atoms with van der Waals surface area (Å²) in [6, 6.07) is 4.92. The first-order chi connectivity index (χ1) is 8.56. The molecule has 6 heteroatoms. The highest BCUT2D eigenvalue weighted by Crippen LogP contribution is 2.25. The van der Waals surface area contributed by atoms with E-state index in [1.54, 1.807) is 23.1 Å². The number of hydrogen-bond donors (Lipinski definition) is 2. The van der Waals surface area contributed by atoms with E-state index in [4.69, 9.17) is 28.9 Å². The van der Waals surface area contributed by atoms with E-state index in [1.165, 1.54) is 0 Å². The van der Waals surface area contributed by atoms with Crippen LogP contribution in [0.5, 0.6) is 0 Å². The molecule has 1 fully saturated rings. The molecule has 1 atom stereocenters. The average Bonchev–Trinajstić information content (AvgIpc) is 2.34. The third kappa shape index (κ3) is 3.28. The van der Waals surface area contributed by atoms with Crippen molar-refractivity contribution in [3.63, 3.8) is 0 Å². The van der Waals surface area contributed by atoms with E-state index in [2.05, 4.69) is 5.32 Å². The Kier molecular flexibility index (Phi) is 4.32. The Hall–Kier alpha value is -0.970. The molecule has 2 rings (SSSR count). The number of amides is 2. The molecule has 18 heavy (non-hydrogen) atoms. The monoisotopic (exact) mass is 287 g/mol. The fourth-order valence-corrected chi connectivity index (χ4v) is 2.27. The van der Waals surface area contributed by atoms with Gasteiger partial charge in [0.05, 0.1) is 10.0 Å². The third-order valence-corrected chi connectivity index (χ3v) is 3.65. The van der Waals surface area contributed by atoms with Crippen LogP contribution in [0.25, 0.3) is 0 Å². The lowest BCUT2D eigenvalue weighted by Gasteiger charge is -2.30. The molecule has 1 aliphatic rings. The van der Waals surface area contributed by atoms with Crippen molar-refractivity contribution in [2.75, 3.05) is 18.4 Å². The number of rotatable bonds is 1. The molecule has 0 radical (unpaired) electrons. The fourth-order valence-electron chi connectivity index (χ4n) is 1.97. The van der Waals surface area contributed by atoms with E-state index in [9.17, 15) is 4.79 Å². The van der Waals surface area contributed by atoms with Crippen molar-refractivity contribution in [2.24, 2.45) is 5.73 Å². The van der Waals surface area contributed by atoms with Gasteiger partial charge in [-0.3, -0.25) is 0 Å². The molecular weight excluding hydrogens is 273 g/mol. The van der Waals surface area contributed by atoms with Crippen LogP contribution in [0, 0.1) is 0 Å². The highest BCUT2D eigenvalue weighted by Gasteiger charge is 2.21. The Balaban J connectivity index is 2.00. The lowest BCUT2D eigenvalue weighted by Crippen LogP contribution is -2.47. The van der Waals surface area contributed by atoms with Crippen molar-refractivity contribution in [2.45, 2.75) is 18.9 Å². The van der Waals surface area contributed by atoms with Crippen molar-refractivity contribution in [3.8, 4) is 0 Å². The van der Waals surface area contributed by atoms with Gasteiger partial charge in [0.25, 0.3) is 0 Å². The third-order valence-electron chi connectivity index (χ3n) is 2.92. The van der Waals surface area contributed by atoms with Crippen LogP contribution < -0.4 is 11.1 Å². The van der Waals surface area contributed by atoms with Crippen molar-refractivity contribution in [1.82, 2.24) is 4.90 Å². The molecule has 98 valence electrons. The smallest absolute Gasteiger partial charge is 0.321 e. The number of urea groups is 1. The summed E-state index contributed by atoms with van der Waals surface area (Å²) in [7, 11) is 0. The number of anilines is 1. The van der Waals surface area contributed by atoms with Crippen molar-refractivity contribution < 1.29 is 4.79 Å². The van der Waals surface area contributed by atoms with Gasteiger partial charge < -0.3 is 16.0 Å². The summed E-state index contributed by atoms with van der Waals surface area (Å²) < 4.78 is 0. The zero-order chi connectivity index (χ0) is 13.1. The number of carbonyl (C=O) groups excluding carboxylic acids is 1. The molecule has 0 bridgehead atoms. The summed E-state index contributed by atoms with van der Waals surface area (Å²) in [6.07, 6.45) is 1.91. The second-order valence-corrected chi connectivity index (χ2v) is 5.22. The maximum Gasteiger partial charge on any atom is 0.321 e. The standard InChI is InChI=1S/C12H15Cl2N3O/c13-10-4-3-9(6-11(10)14)16-12(18)17-5-1-2-8(15)7-17/h3-4,6,8H,1-2,5,7,15H2,(H,16,18)/t8-/m1/s1. The largest absolute Gasteiger partial charge is 0.326 e. The fraction of sp³-hybridized carbons (Fsp3) is 0.417. The quantitative estimate of drug-likeness (QED) is 0.834. The maximum absolute atomic E-state index is 12.0. The Morgan fingerprint density at radius 3 is 2.83 bits per heavy atom. The molecule has 1 saturated heterocycles. The zero-order valence-corrected chi connectivity index (χ0v) is 11.3. The second-order valence-electron chi connectivity index (χ2n) is 4.41. The normalized spacial score (nSPS) is 19.7. The van der Waals surface area contributed by atoms with Gasteiger partial charge in [0.2, 0.25) is 0 Å². The molecule has 0 aromatic heterocycles. The SMILES string of the molecule is N[C@@H]1CCCN(C(=O)Nc2ccc(Cl)c(Cl)c2)C1. The van der Waals surface area contributed by atoms with E-state index in [0.29, 0.717) is 22.3 Å². The van der Waals surface area contributed by atoms with Crippen LogP contribution in [-0.4, -0.2) is 30.1 Å². The van der Waals surface area contributed by atoms with Gasteiger partial charge in [-0.15, -0.1) is 0 Å². The average molecular weight is 288 g/mol. The van der Waals surface area contributed by atoms with Crippen LogP contribution in [0.3, 0.4) is 0 Å². The number of nitrogens with one attached hydrogen (secondary N) is 1. The number of nitrogens with zero attached hydrogens (tertiary/aromatic N) is 1. The Labute approximate surface area is 116 Å². The number of carbonyl (C=O) groups is 1. The molecule has 3 N–H and O–H groups in total. The molecule has 1 aromatic rings. The van der Waals surface area contributed by atoms with Gasteiger partial charge in [0.1, 0.15) is 0 Å². The van der Waals surface area contributed by atoms with Gasteiger partial charge in [-0.1, -0.05) is 23.2 Å². The van der Waals surface area contributed by atoms with E-state index < -0.39 is 0 Å². The van der Waals surface area contributed by atoms with Gasteiger partial charge in [-0.25, -0.2) is 4.79 Å². The molecule has 0 saturated carbocycles. The van der Waals surface area contributed by atoms with Gasteiger partial charge >= 0.3 is 6.03 Å². The molecule has 0 spiro atoms. The minimum Gasteiger partial charge on any atom is -0.326 e. The first-order valence-corrected chi connectivity index (χ1v) is 6.58. The summed E-state index contributed by atoms with van der Waals surface area (Å²) in [5, 5.41) is 3.68. The molecular formula is C12H15Cl2N3O. The highest BCUT2D eigenvalue weighted by molar-refractivity contribution is 6.42. The number of hydrogen-bond acceptors (Lipinski definition) is 2. The van der Waals surface area contributed by atoms with E-state index in [1.807, 2.05) is 0 Å². The number of benzene rings is 1. The minimum absolute atomic E-state index is 0.0679. The molecule has 2 amide bonds. The molecule has 1 aromatic carbocycles. The number of likely N-dealkylation sites (tertiary alicyclic amines) is 1. The van der Waals surface area contributed by atoms with E-state index in [-0.39, 0.29) is 12.1 Å². The first-order valence-electron chi connectivity index (χ1n) is 5.83. The zero-order valence-electron chi connectivity index (χ0n) is 9.83. The lowest BCUT2D eigenvalue weighted by molar-refractivity contribution is 0.193. The predicted octanol–water partition coefficient (Wildman–Crippen LogP) is 2.95. The Morgan fingerprint density at radius 2 is 2.17 bits per heavy atom. The number of halogens is 2. The molecule has 0 unspecified atom stereocenters. The van der Waals surface area contributed by atoms with E-state index in [0.717, 1.165) is 19.4 Å². The van der Waals surface area contributed by atoms with Crippen molar-refractivity contribution in [1.29, 1.82) is 0 Å². The van der Waals surface area contributed by atoms with Crippen LogP contribution in [0.1, 0.15) is 12.8 Å². The highest BCUT2D eigenvalue weighted by atomic mass is 35.5. The molecule has 0 aliphatic carbocycles. The summed E-state index contributed by atoms with van der Waals surface area (Å²) in [6.45, 7) is 1.33. The Bertz CT molecular complexity index is 453. The van der Waals surface area contributed by atoms with Crippen LogP contribution in [-0.2, 0) is 0 Å². The van der Waals surface area contributed by atoms with Gasteiger partial charge in [-0.05, 0) is 31.0 Å². The number of piperidine rings is 1. The molecule has 1 aliphatic heterocycles. The molecule has 1 heterocycles. The lowest BCUT2D eigenvalue weighted by atomic mass is 10.1. The van der Waals surface area contributed by atoms with Crippen molar-refractivity contribution in [3.05, 3.63) is 28.2 Å². The summed E-state index contributed by atoms with van der Waals surface area (Å²) in [5.74, 6) is 0. The second kappa shape index (κ2) is 5.78. The molecule has 4 nitrogen and oxygen atoms in total. The maximum atomic E-state index is 12.0. The summed E-state index contributed by atoms with van der Waals surface area (Å²) in [4.78, 5) is 13.7. The number of nitrogens with two attached hydrogens (primary N) is 1. The minimum atomic E-state index is -0.150. The summed E-state index contributed by atoms with van der Waals surface area (Å²) >= 11 is 11.7. The van der Waals surface area contributed by atoms with Crippen LogP contribution in [0.4, 0.5) is 10.5 Å². The van der Waals surface area contributed by atoms with Crippen LogP contribution in [0.2, 0.25) is 10.0 Å². The topological polar surface area (TPSA) is 58.4 Å². The van der Waals surface area contributed by atoms with Crippen LogP contribution in [0.15, 0.2) is 18.2 Å². The Morgan fingerprint density at radius 1 is 1.39 bits per heavy atom.